The molecule has 4 nitrogen and oxygen atoms in total. The summed E-state index contributed by atoms with van der Waals surface area (Å²) in [5.74, 6) is 0. The molecule has 5 heteroatoms. The van der Waals surface area contributed by atoms with Crippen molar-refractivity contribution in [1.82, 2.24) is 0 Å². The highest BCUT2D eigenvalue weighted by atomic mass is 16.7. The molecular weight excluding hydrogens is 169 g/mol. The molecule has 13 heavy (non-hydrogen) atoms. The van der Waals surface area contributed by atoms with Crippen molar-refractivity contribution < 1.29 is 14.3 Å². The zero-order valence-corrected chi connectivity index (χ0v) is 7.81. The number of hydrogen-bond donors (Lipinski definition) is 2. The molecule has 1 rings (SSSR count). The van der Waals surface area contributed by atoms with Gasteiger partial charge in [0.1, 0.15) is 0 Å². The largest absolute Gasteiger partial charge is 0.636 e. The van der Waals surface area contributed by atoms with Gasteiger partial charge in [-0.1, -0.05) is 18.2 Å². The molecule has 0 spiro atoms. The van der Waals surface area contributed by atoms with Gasteiger partial charge in [0.05, 0.1) is 0 Å². The Morgan fingerprint density at radius 1 is 1.15 bits per heavy atom. The van der Waals surface area contributed by atoms with Crippen molar-refractivity contribution in [3.63, 3.8) is 0 Å². The predicted molar refractivity (Wildman–Crippen MR) is 52.8 cm³/mol. The second-order valence-corrected chi connectivity index (χ2v) is 2.19. The second-order valence-electron chi connectivity index (χ2n) is 2.19. The fourth-order valence-corrected chi connectivity index (χ4v) is 0.549. The molecule has 0 saturated heterocycles. The first-order valence-corrected chi connectivity index (χ1v) is 3.75. The van der Waals surface area contributed by atoms with E-state index in [1.807, 2.05) is 30.3 Å². The van der Waals surface area contributed by atoms with Gasteiger partial charge in [0, 0.05) is 19.9 Å². The first-order chi connectivity index (χ1) is 6.20. The maximum Gasteiger partial charge on any atom is 0.636 e. The topological polar surface area (TPSA) is 64.7 Å². The molecule has 0 aliphatic heterocycles. The van der Waals surface area contributed by atoms with Crippen molar-refractivity contribution in [3.8, 4) is 0 Å². The predicted octanol–water partition coefficient (Wildman–Crippen LogP) is 0.525. The van der Waals surface area contributed by atoms with Crippen molar-refractivity contribution in [2.45, 2.75) is 0 Å². The van der Waals surface area contributed by atoms with Crippen molar-refractivity contribution >= 4 is 13.0 Å². The molecule has 0 atom stereocenters. The SMILES string of the molecule is COB(O)OC.Nc1ccccc1. The number of benzene rings is 1. The molecule has 0 unspecified atom stereocenters. The molecule has 0 aliphatic rings. The van der Waals surface area contributed by atoms with E-state index in [1.54, 1.807) is 0 Å². The lowest BCUT2D eigenvalue weighted by atomic mass is 10.3. The molecule has 0 radical (unpaired) electrons. The van der Waals surface area contributed by atoms with E-state index < -0.39 is 7.32 Å². The molecule has 0 aromatic heterocycles. The van der Waals surface area contributed by atoms with Gasteiger partial charge < -0.3 is 20.1 Å². The summed E-state index contributed by atoms with van der Waals surface area (Å²) < 4.78 is 8.47. The lowest BCUT2D eigenvalue weighted by Crippen LogP contribution is -2.17. The van der Waals surface area contributed by atoms with Crippen LogP contribution < -0.4 is 5.73 Å². The Bertz CT molecular complexity index is 204. The fraction of sp³-hybridized carbons (Fsp3) is 0.250. The van der Waals surface area contributed by atoms with Gasteiger partial charge in [-0.05, 0) is 12.1 Å². The van der Waals surface area contributed by atoms with Gasteiger partial charge in [0.2, 0.25) is 0 Å². The second kappa shape index (κ2) is 7.61. The van der Waals surface area contributed by atoms with Crippen LogP contribution in [0.2, 0.25) is 0 Å². The number of rotatable bonds is 2. The Morgan fingerprint density at radius 2 is 1.62 bits per heavy atom. The van der Waals surface area contributed by atoms with Crippen LogP contribution in [0.4, 0.5) is 5.69 Å². The van der Waals surface area contributed by atoms with E-state index in [9.17, 15) is 0 Å². The molecule has 1 aromatic rings. The lowest BCUT2D eigenvalue weighted by Gasteiger charge is -1.94. The summed E-state index contributed by atoms with van der Waals surface area (Å²) >= 11 is 0. The van der Waals surface area contributed by atoms with Crippen LogP contribution in [-0.2, 0) is 9.31 Å². The average Bonchev–Trinajstić information content (AvgIpc) is 2.19. The van der Waals surface area contributed by atoms with Crippen molar-refractivity contribution in [1.29, 1.82) is 0 Å². The monoisotopic (exact) mass is 183 g/mol. The number of hydrogen-bond acceptors (Lipinski definition) is 4. The Kier molecular flexibility index (Phi) is 7.00. The van der Waals surface area contributed by atoms with Gasteiger partial charge in [-0.3, -0.25) is 0 Å². The van der Waals surface area contributed by atoms with Crippen LogP contribution in [0.25, 0.3) is 0 Å². The van der Waals surface area contributed by atoms with Gasteiger partial charge in [0.15, 0.2) is 0 Å². The normalized spacial score (nSPS) is 8.54. The van der Waals surface area contributed by atoms with Gasteiger partial charge >= 0.3 is 7.32 Å². The lowest BCUT2D eigenvalue weighted by molar-refractivity contribution is 0.193. The van der Waals surface area contributed by atoms with Gasteiger partial charge in [-0.15, -0.1) is 0 Å². The van der Waals surface area contributed by atoms with E-state index in [2.05, 4.69) is 9.31 Å². The van der Waals surface area contributed by atoms with Gasteiger partial charge in [0.25, 0.3) is 0 Å². The van der Waals surface area contributed by atoms with Crippen molar-refractivity contribution in [3.05, 3.63) is 30.3 Å². The third-order valence-electron chi connectivity index (χ3n) is 1.20. The number of anilines is 1. The minimum Gasteiger partial charge on any atom is -0.402 e. The van der Waals surface area contributed by atoms with E-state index >= 15 is 0 Å². The molecule has 3 N–H and O–H groups in total. The first kappa shape index (κ1) is 12.0. The smallest absolute Gasteiger partial charge is 0.402 e. The summed E-state index contributed by atoms with van der Waals surface area (Å²) in [7, 11) is 1.65. The summed E-state index contributed by atoms with van der Waals surface area (Å²) in [6.07, 6.45) is 0. The van der Waals surface area contributed by atoms with E-state index in [0.717, 1.165) is 5.69 Å². The summed E-state index contributed by atoms with van der Waals surface area (Å²) in [5.41, 5.74) is 6.18. The third kappa shape index (κ3) is 7.33. The zero-order chi connectivity index (χ0) is 10.1. The minimum absolute atomic E-state index is 0.822. The van der Waals surface area contributed by atoms with Crippen LogP contribution in [-0.4, -0.2) is 26.6 Å². The van der Waals surface area contributed by atoms with E-state index in [1.165, 1.54) is 14.2 Å². The highest BCUT2D eigenvalue weighted by Gasteiger charge is 2.06. The quantitative estimate of drug-likeness (QED) is 0.518. The summed E-state index contributed by atoms with van der Waals surface area (Å²) in [5, 5.41) is 8.22. The molecule has 1 aromatic carbocycles. The standard InChI is InChI=1S/C6H7N.C2H7BO3/c7-6-4-2-1-3-5-6;1-5-3(4)6-2/h1-5H,7H2;4H,1-2H3. The van der Waals surface area contributed by atoms with Crippen LogP contribution >= 0.6 is 0 Å². The number of nitrogens with two attached hydrogens (primary N) is 1. The molecular formula is C8H14BNO3. The van der Waals surface area contributed by atoms with Crippen LogP contribution in [0, 0.1) is 0 Å². The van der Waals surface area contributed by atoms with Gasteiger partial charge in [-0.25, -0.2) is 0 Å². The van der Waals surface area contributed by atoms with Crippen LogP contribution in [0.1, 0.15) is 0 Å². The highest BCUT2D eigenvalue weighted by Crippen LogP contribution is 1.95. The van der Waals surface area contributed by atoms with Crippen molar-refractivity contribution in [2.24, 2.45) is 0 Å². The highest BCUT2D eigenvalue weighted by molar-refractivity contribution is 6.34. The van der Waals surface area contributed by atoms with E-state index in [-0.39, 0.29) is 0 Å². The Hall–Kier alpha value is -1.04. The maximum atomic E-state index is 8.22. The average molecular weight is 183 g/mol. The summed E-state index contributed by atoms with van der Waals surface area (Å²) in [4.78, 5) is 0. The number of nitrogen functional groups attached to an aromatic ring is 1. The minimum atomic E-state index is -1.06. The molecule has 0 aliphatic carbocycles. The van der Waals surface area contributed by atoms with Crippen LogP contribution in [0.15, 0.2) is 30.3 Å². The van der Waals surface area contributed by atoms with Gasteiger partial charge in [-0.2, -0.15) is 0 Å². The number of para-hydroxylation sites is 1. The van der Waals surface area contributed by atoms with Crippen LogP contribution in [0.5, 0.6) is 0 Å². The summed E-state index contributed by atoms with van der Waals surface area (Å²) in [6.45, 7) is 0. The summed E-state index contributed by atoms with van der Waals surface area (Å²) in [6, 6.07) is 9.49. The van der Waals surface area contributed by atoms with E-state index in [0.29, 0.717) is 0 Å². The maximum absolute atomic E-state index is 8.22. The Balaban J connectivity index is 0.000000226. The molecule has 0 amide bonds. The molecule has 0 heterocycles. The zero-order valence-electron chi connectivity index (χ0n) is 7.81. The third-order valence-corrected chi connectivity index (χ3v) is 1.20. The Morgan fingerprint density at radius 3 is 1.77 bits per heavy atom. The van der Waals surface area contributed by atoms with E-state index in [4.69, 9.17) is 10.8 Å². The molecule has 0 saturated carbocycles. The first-order valence-electron chi connectivity index (χ1n) is 3.75. The molecule has 72 valence electrons. The van der Waals surface area contributed by atoms with Crippen LogP contribution in [0.3, 0.4) is 0 Å². The fourth-order valence-electron chi connectivity index (χ4n) is 0.549. The molecule has 0 fully saturated rings. The Labute approximate surface area is 78.5 Å². The molecule has 0 bridgehead atoms. The van der Waals surface area contributed by atoms with Crippen molar-refractivity contribution in [2.75, 3.05) is 20.0 Å².